The highest BCUT2D eigenvalue weighted by molar-refractivity contribution is 6.21. The molecule has 2 unspecified atom stereocenters. The van der Waals surface area contributed by atoms with E-state index in [0.29, 0.717) is 0 Å². The molecule has 13 heavy (non-hydrogen) atoms. The highest BCUT2D eigenvalue weighted by Crippen LogP contribution is 2.20. The smallest absolute Gasteiger partial charge is 0.238 e. The second-order valence-corrected chi connectivity index (χ2v) is 3.03. The zero-order valence-electron chi connectivity index (χ0n) is 7.29. The number of rotatable bonds is 2. The summed E-state index contributed by atoms with van der Waals surface area (Å²) in [5.74, 6) is -4.49. The van der Waals surface area contributed by atoms with Gasteiger partial charge in [0, 0.05) is 0 Å². The van der Waals surface area contributed by atoms with Crippen molar-refractivity contribution in [3.05, 3.63) is 0 Å². The van der Waals surface area contributed by atoms with Crippen molar-refractivity contribution >= 4 is 23.4 Å². The number of hydrogen-bond donors (Lipinski definition) is 1. The van der Waals surface area contributed by atoms with Crippen LogP contribution >= 0.6 is 0 Å². The van der Waals surface area contributed by atoms with Gasteiger partial charge in [-0.15, -0.1) is 0 Å². The summed E-state index contributed by atoms with van der Waals surface area (Å²) in [6.45, 7) is 2.39. The lowest BCUT2D eigenvalue weighted by Crippen LogP contribution is -2.29. The van der Waals surface area contributed by atoms with E-state index in [9.17, 15) is 19.2 Å². The Kier molecular flexibility index (Phi) is 2.27. The molecule has 0 saturated carbocycles. The summed E-state index contributed by atoms with van der Waals surface area (Å²) in [7, 11) is 0. The van der Waals surface area contributed by atoms with Crippen molar-refractivity contribution in [3.8, 4) is 0 Å². The van der Waals surface area contributed by atoms with Crippen LogP contribution in [0.15, 0.2) is 0 Å². The molecule has 0 spiro atoms. The third-order valence-corrected chi connectivity index (χ3v) is 2.02. The van der Waals surface area contributed by atoms with Gasteiger partial charge in [-0.2, -0.15) is 0 Å². The molecule has 0 aliphatic carbocycles. The van der Waals surface area contributed by atoms with Gasteiger partial charge in [0.1, 0.15) is 23.4 Å². The van der Waals surface area contributed by atoms with E-state index in [2.05, 4.69) is 0 Å². The number of hydrogen-bond acceptors (Lipinski definition) is 4. The van der Waals surface area contributed by atoms with Crippen molar-refractivity contribution in [3.63, 3.8) is 0 Å². The average Bonchev–Trinajstić information content (AvgIpc) is 2.24. The number of ketones is 2. The Morgan fingerprint density at radius 2 is 1.31 bits per heavy atom. The van der Waals surface area contributed by atoms with Crippen LogP contribution in [0, 0.1) is 11.8 Å². The maximum atomic E-state index is 11.0. The molecule has 1 fully saturated rings. The summed E-state index contributed by atoms with van der Waals surface area (Å²) in [6, 6.07) is 0. The number of carbonyl (C=O) groups is 4. The number of amides is 2. The standard InChI is InChI=1S/C8H9NO4/c1-3(10)5-6(4(2)11)8(13)9-7(5)12/h5-6H,1-2H3,(H,9,12,13). The molecule has 70 valence electrons. The zero-order chi connectivity index (χ0) is 10.2. The Balaban J connectivity index is 3.03. The van der Waals surface area contributed by atoms with Gasteiger partial charge >= 0.3 is 0 Å². The quantitative estimate of drug-likeness (QED) is 0.442. The van der Waals surface area contributed by atoms with E-state index >= 15 is 0 Å². The summed E-state index contributed by atoms with van der Waals surface area (Å²) in [6.07, 6.45) is 0. The van der Waals surface area contributed by atoms with Crippen molar-refractivity contribution in [1.29, 1.82) is 0 Å². The van der Waals surface area contributed by atoms with Crippen LogP contribution in [0.5, 0.6) is 0 Å². The summed E-state index contributed by atoms with van der Waals surface area (Å²) >= 11 is 0. The first kappa shape index (κ1) is 9.57. The van der Waals surface area contributed by atoms with E-state index in [-0.39, 0.29) is 0 Å². The fourth-order valence-corrected chi connectivity index (χ4v) is 1.42. The maximum Gasteiger partial charge on any atom is 0.238 e. The Morgan fingerprint density at radius 1 is 1.00 bits per heavy atom. The molecule has 1 N–H and O–H groups in total. The fourth-order valence-electron chi connectivity index (χ4n) is 1.42. The highest BCUT2D eigenvalue weighted by atomic mass is 16.2. The highest BCUT2D eigenvalue weighted by Gasteiger charge is 2.46. The van der Waals surface area contributed by atoms with E-state index < -0.39 is 35.2 Å². The van der Waals surface area contributed by atoms with Crippen LogP contribution in [0.4, 0.5) is 0 Å². The first-order chi connectivity index (χ1) is 5.95. The molecular formula is C8H9NO4. The fraction of sp³-hybridized carbons (Fsp3) is 0.500. The molecule has 0 aromatic heterocycles. The lowest BCUT2D eigenvalue weighted by atomic mass is 9.89. The van der Waals surface area contributed by atoms with Crippen LogP contribution < -0.4 is 5.32 Å². The van der Waals surface area contributed by atoms with Gasteiger partial charge in [-0.3, -0.25) is 24.5 Å². The van der Waals surface area contributed by atoms with Gasteiger partial charge in [-0.1, -0.05) is 0 Å². The minimum atomic E-state index is -1.12. The van der Waals surface area contributed by atoms with Crippen LogP contribution in [0.1, 0.15) is 13.8 Å². The van der Waals surface area contributed by atoms with Crippen LogP contribution in [-0.4, -0.2) is 23.4 Å². The van der Waals surface area contributed by atoms with Gasteiger partial charge in [-0.25, -0.2) is 0 Å². The molecule has 0 aromatic carbocycles. The van der Waals surface area contributed by atoms with E-state index in [1.54, 1.807) is 0 Å². The van der Waals surface area contributed by atoms with Gasteiger partial charge in [0.15, 0.2) is 0 Å². The lowest BCUT2D eigenvalue weighted by molar-refractivity contribution is -0.137. The van der Waals surface area contributed by atoms with Gasteiger partial charge in [-0.05, 0) is 13.8 Å². The van der Waals surface area contributed by atoms with Gasteiger partial charge < -0.3 is 0 Å². The predicted octanol–water partition coefficient (Wildman–Crippen LogP) is -0.947. The maximum absolute atomic E-state index is 11.0. The topological polar surface area (TPSA) is 80.3 Å². The first-order valence-electron chi connectivity index (χ1n) is 3.80. The molecule has 0 aromatic rings. The van der Waals surface area contributed by atoms with Gasteiger partial charge in [0.25, 0.3) is 0 Å². The first-order valence-corrected chi connectivity index (χ1v) is 3.80. The Hall–Kier alpha value is -1.52. The predicted molar refractivity (Wildman–Crippen MR) is 41.5 cm³/mol. The third-order valence-electron chi connectivity index (χ3n) is 2.02. The van der Waals surface area contributed by atoms with Gasteiger partial charge in [0.2, 0.25) is 11.8 Å². The molecule has 1 saturated heterocycles. The number of carbonyl (C=O) groups excluding carboxylic acids is 4. The second-order valence-electron chi connectivity index (χ2n) is 3.03. The molecule has 0 bridgehead atoms. The van der Waals surface area contributed by atoms with Crippen LogP contribution in [0.3, 0.4) is 0 Å². The van der Waals surface area contributed by atoms with Gasteiger partial charge in [0.05, 0.1) is 0 Å². The minimum absolute atomic E-state index is 0.455. The molecule has 1 aliphatic rings. The summed E-state index contributed by atoms with van der Waals surface area (Å²) < 4.78 is 0. The van der Waals surface area contributed by atoms with Crippen molar-refractivity contribution in [1.82, 2.24) is 5.32 Å². The lowest BCUT2D eigenvalue weighted by Gasteiger charge is -2.07. The van der Waals surface area contributed by atoms with Crippen molar-refractivity contribution in [2.24, 2.45) is 11.8 Å². The van der Waals surface area contributed by atoms with E-state index in [0.717, 1.165) is 0 Å². The van der Waals surface area contributed by atoms with Crippen LogP contribution in [-0.2, 0) is 19.2 Å². The normalized spacial score (nSPS) is 27.2. The molecular weight excluding hydrogens is 174 g/mol. The molecule has 2 atom stereocenters. The molecule has 0 radical (unpaired) electrons. The Morgan fingerprint density at radius 3 is 1.54 bits per heavy atom. The van der Waals surface area contributed by atoms with E-state index in [1.807, 2.05) is 5.32 Å². The summed E-state index contributed by atoms with van der Waals surface area (Å²) in [5.41, 5.74) is 0. The molecule has 1 rings (SSSR count). The molecule has 5 nitrogen and oxygen atoms in total. The second kappa shape index (κ2) is 3.08. The SMILES string of the molecule is CC(=O)C1C(=O)NC(=O)C1C(C)=O. The Labute approximate surface area is 74.5 Å². The van der Waals surface area contributed by atoms with E-state index in [1.165, 1.54) is 13.8 Å². The van der Waals surface area contributed by atoms with Crippen molar-refractivity contribution in [2.45, 2.75) is 13.8 Å². The number of nitrogens with one attached hydrogen (secondary N) is 1. The van der Waals surface area contributed by atoms with Crippen LogP contribution in [0.25, 0.3) is 0 Å². The summed E-state index contributed by atoms with van der Waals surface area (Å²) in [4.78, 5) is 44.0. The average molecular weight is 183 g/mol. The number of imide groups is 1. The van der Waals surface area contributed by atoms with Crippen LogP contribution in [0.2, 0.25) is 0 Å². The number of Topliss-reactive ketones (excluding diaryl/α,β-unsaturated/α-hetero) is 2. The molecule has 2 amide bonds. The molecule has 1 heterocycles. The minimum Gasteiger partial charge on any atom is -0.299 e. The molecule has 5 heteroatoms. The van der Waals surface area contributed by atoms with Crippen molar-refractivity contribution < 1.29 is 19.2 Å². The summed E-state index contributed by atoms with van der Waals surface area (Å²) in [5, 5.41) is 1.96. The third kappa shape index (κ3) is 1.49. The van der Waals surface area contributed by atoms with E-state index in [4.69, 9.17) is 0 Å². The zero-order valence-corrected chi connectivity index (χ0v) is 7.29. The molecule has 1 aliphatic heterocycles. The largest absolute Gasteiger partial charge is 0.299 e. The Bertz CT molecular complexity index is 277. The monoisotopic (exact) mass is 183 g/mol. The van der Waals surface area contributed by atoms with Crippen molar-refractivity contribution in [2.75, 3.05) is 0 Å².